The molecule has 4 rings (SSSR count). The topological polar surface area (TPSA) is 123 Å². The van der Waals surface area contributed by atoms with E-state index in [1.54, 1.807) is 30.6 Å². The number of epoxide rings is 2. The first kappa shape index (κ1) is 19.2. The van der Waals surface area contributed by atoms with Crippen molar-refractivity contribution in [2.45, 2.75) is 18.6 Å². The molecule has 2 atom stereocenters. The number of nitrogens with two attached hydrogens (primary N) is 1. The molecule has 2 saturated heterocycles. The minimum atomic E-state index is 0.0505. The van der Waals surface area contributed by atoms with Crippen LogP contribution in [0.1, 0.15) is 6.42 Å². The van der Waals surface area contributed by atoms with Gasteiger partial charge in [-0.25, -0.2) is 4.99 Å². The highest BCUT2D eigenvalue weighted by molar-refractivity contribution is 5.81. The van der Waals surface area contributed by atoms with E-state index in [1.165, 1.54) is 0 Å². The van der Waals surface area contributed by atoms with Gasteiger partial charge in [0, 0.05) is 29.9 Å². The summed E-state index contributed by atoms with van der Waals surface area (Å²) in [6.07, 6.45) is 2.58. The average Bonchev–Trinajstić information content (AvgIpc) is 3.63. The van der Waals surface area contributed by atoms with E-state index in [4.69, 9.17) is 24.7 Å². The van der Waals surface area contributed by atoms with E-state index in [2.05, 4.69) is 15.5 Å². The van der Waals surface area contributed by atoms with Gasteiger partial charge in [0.25, 0.3) is 0 Å². The van der Waals surface area contributed by atoms with E-state index in [-0.39, 0.29) is 17.9 Å². The number of nitroso groups, excluding NO2 is 1. The second-order valence-electron chi connectivity index (χ2n) is 6.77. The summed E-state index contributed by atoms with van der Waals surface area (Å²) in [5.74, 6) is 0.678. The van der Waals surface area contributed by atoms with Gasteiger partial charge in [-0.15, -0.1) is 4.91 Å². The zero-order chi connectivity index (χ0) is 20.1. The van der Waals surface area contributed by atoms with Gasteiger partial charge in [-0.05, 0) is 29.4 Å². The molecular weight excluding hydrogens is 376 g/mol. The molecule has 9 nitrogen and oxygen atoms in total. The Bertz CT molecular complexity index is 879. The maximum absolute atomic E-state index is 11.4. The van der Waals surface area contributed by atoms with E-state index in [0.717, 1.165) is 18.7 Å². The number of hydrogen-bond donors (Lipinski definition) is 2. The molecule has 2 aliphatic heterocycles. The highest BCUT2D eigenvalue weighted by atomic mass is 16.6. The summed E-state index contributed by atoms with van der Waals surface area (Å²) in [6, 6.07) is 10.6. The Morgan fingerprint density at radius 1 is 1.10 bits per heavy atom. The Morgan fingerprint density at radius 3 is 2.45 bits per heavy atom. The van der Waals surface area contributed by atoms with Crippen molar-refractivity contribution in [1.82, 2.24) is 0 Å². The molecule has 0 aliphatic carbocycles. The Hall–Kier alpha value is -3.17. The number of rotatable bonds is 11. The quantitative estimate of drug-likeness (QED) is 0.195. The van der Waals surface area contributed by atoms with E-state index in [1.807, 2.05) is 12.1 Å². The highest BCUT2D eigenvalue weighted by Crippen LogP contribution is 2.41. The van der Waals surface area contributed by atoms with E-state index < -0.39 is 0 Å². The average molecular weight is 398 g/mol. The van der Waals surface area contributed by atoms with Gasteiger partial charge >= 0.3 is 0 Å². The van der Waals surface area contributed by atoms with Crippen molar-refractivity contribution in [2.75, 3.05) is 37.5 Å². The minimum absolute atomic E-state index is 0.0505. The summed E-state index contributed by atoms with van der Waals surface area (Å²) >= 11 is 0. The number of anilines is 2. The normalized spacial score (nSPS) is 19.7. The van der Waals surface area contributed by atoms with Crippen LogP contribution >= 0.6 is 0 Å². The van der Waals surface area contributed by atoms with Gasteiger partial charge in [-0.3, -0.25) is 0 Å². The van der Waals surface area contributed by atoms with Gasteiger partial charge in [-0.2, -0.15) is 0 Å². The van der Waals surface area contributed by atoms with Crippen LogP contribution in [0, 0.1) is 4.91 Å². The predicted molar refractivity (Wildman–Crippen MR) is 110 cm³/mol. The first-order valence-corrected chi connectivity index (χ1v) is 9.36. The zero-order valence-electron chi connectivity index (χ0n) is 15.7. The molecule has 3 N–H and O–H groups in total. The van der Waals surface area contributed by atoms with E-state index in [9.17, 15) is 4.91 Å². The number of hydrogen-bond acceptors (Lipinski definition) is 8. The number of aliphatic imine (C=N–C) groups is 1. The van der Waals surface area contributed by atoms with Crippen LogP contribution in [0.5, 0.6) is 11.5 Å². The molecule has 0 bridgehead atoms. The van der Waals surface area contributed by atoms with Gasteiger partial charge in [0.1, 0.15) is 12.7 Å². The fourth-order valence-electron chi connectivity index (χ4n) is 2.60. The fraction of sp³-hybridized carbons (Fsp3) is 0.350. The summed E-state index contributed by atoms with van der Waals surface area (Å²) in [4.78, 5) is 15.8. The van der Waals surface area contributed by atoms with Crippen LogP contribution in [-0.4, -0.2) is 45.0 Å². The Balaban J connectivity index is 1.49. The van der Waals surface area contributed by atoms with Crippen LogP contribution in [0.15, 0.2) is 46.6 Å². The van der Waals surface area contributed by atoms with Crippen LogP contribution in [0.2, 0.25) is 0 Å². The van der Waals surface area contributed by atoms with Gasteiger partial charge in [0.2, 0.25) is 0 Å². The van der Waals surface area contributed by atoms with Gasteiger partial charge in [-0.1, -0.05) is 0 Å². The lowest BCUT2D eigenvalue weighted by molar-refractivity contribution is 0.259. The summed E-state index contributed by atoms with van der Waals surface area (Å²) in [6.45, 7) is 2.17. The molecule has 2 fully saturated rings. The summed E-state index contributed by atoms with van der Waals surface area (Å²) < 4.78 is 21.8. The first-order valence-electron chi connectivity index (χ1n) is 9.36. The first-order chi connectivity index (χ1) is 14.2. The van der Waals surface area contributed by atoms with Crippen LogP contribution in [0.3, 0.4) is 0 Å². The molecule has 2 aromatic carbocycles. The molecule has 2 unspecified atom stereocenters. The van der Waals surface area contributed by atoms with Gasteiger partial charge in [0.15, 0.2) is 17.2 Å². The van der Waals surface area contributed by atoms with Crippen LogP contribution in [0.4, 0.5) is 22.7 Å². The number of ether oxygens (including phenoxy) is 4. The lowest BCUT2D eigenvalue weighted by Crippen LogP contribution is -2.07. The van der Waals surface area contributed by atoms with E-state index >= 15 is 0 Å². The lowest BCUT2D eigenvalue weighted by Gasteiger charge is -2.14. The summed E-state index contributed by atoms with van der Waals surface area (Å²) in [5.41, 5.74) is 7.88. The fourth-order valence-corrected chi connectivity index (χ4v) is 2.60. The van der Waals surface area contributed by atoms with Gasteiger partial charge in [0.05, 0.1) is 38.0 Å². The molecular formula is C20H22N4O5. The maximum atomic E-state index is 11.4. The maximum Gasteiger partial charge on any atom is 0.191 e. The monoisotopic (exact) mass is 398 g/mol. The second-order valence-corrected chi connectivity index (χ2v) is 6.77. The highest BCUT2D eigenvalue weighted by Gasteiger charge is 2.25. The van der Waals surface area contributed by atoms with Crippen molar-refractivity contribution in [3.63, 3.8) is 0 Å². The van der Waals surface area contributed by atoms with Crippen LogP contribution < -0.4 is 20.5 Å². The summed E-state index contributed by atoms with van der Waals surface area (Å²) in [7, 11) is 0. The van der Waals surface area contributed by atoms with Crippen molar-refractivity contribution < 1.29 is 18.9 Å². The summed E-state index contributed by atoms with van der Waals surface area (Å²) in [5, 5.41) is 6.19. The van der Waals surface area contributed by atoms with Crippen molar-refractivity contribution >= 4 is 29.1 Å². The zero-order valence-corrected chi connectivity index (χ0v) is 15.7. The number of benzene rings is 2. The number of nitrogens with one attached hydrogen (secondary N) is 1. The molecule has 0 radical (unpaired) electrons. The third-order valence-corrected chi connectivity index (χ3v) is 4.40. The Labute approximate surface area is 167 Å². The van der Waals surface area contributed by atoms with E-state index in [0.29, 0.717) is 42.7 Å². The Kier molecular flexibility index (Phi) is 5.87. The second kappa shape index (κ2) is 8.89. The lowest BCUT2D eigenvalue weighted by atomic mass is 10.2. The standard InChI is InChI=1S/C20H22N4O5/c21-13-1-3-14(4-2-13)22-12-23-15-7-18(26-6-5-16-9-27-16)20(24-25)19(8-15)29-11-17-10-28-17/h1-4,7-8,12,16-17H,5-6,9-11,21H2,(H,22,23). The molecule has 2 aliphatic rings. The molecule has 0 aromatic heterocycles. The number of nitrogens with zero attached hydrogens (tertiary/aromatic N) is 2. The SMILES string of the molecule is Nc1ccc(N=CNc2cc(OCCC3CO3)c(N=O)c(OCC3CO3)c2)cc1. The number of nitrogen functional groups attached to an aromatic ring is 1. The van der Waals surface area contributed by atoms with Gasteiger partial charge < -0.3 is 30.0 Å². The van der Waals surface area contributed by atoms with Crippen molar-refractivity contribution in [3.05, 3.63) is 41.3 Å². The Morgan fingerprint density at radius 2 is 1.79 bits per heavy atom. The largest absolute Gasteiger partial charge is 0.491 e. The molecule has 2 aromatic rings. The third-order valence-electron chi connectivity index (χ3n) is 4.40. The molecule has 0 amide bonds. The minimum Gasteiger partial charge on any atom is -0.491 e. The molecule has 152 valence electrons. The molecule has 0 saturated carbocycles. The van der Waals surface area contributed by atoms with Crippen molar-refractivity contribution in [1.29, 1.82) is 0 Å². The molecule has 9 heteroatoms. The van der Waals surface area contributed by atoms with Crippen LogP contribution in [0.25, 0.3) is 0 Å². The molecule has 0 spiro atoms. The third kappa shape index (κ3) is 5.66. The molecule has 29 heavy (non-hydrogen) atoms. The van der Waals surface area contributed by atoms with Crippen LogP contribution in [-0.2, 0) is 9.47 Å². The predicted octanol–water partition coefficient (Wildman–Crippen LogP) is 3.38. The van der Waals surface area contributed by atoms with Crippen molar-refractivity contribution in [3.8, 4) is 11.5 Å². The smallest absolute Gasteiger partial charge is 0.191 e. The molecule has 2 heterocycles. The van der Waals surface area contributed by atoms with Crippen molar-refractivity contribution in [2.24, 2.45) is 10.2 Å².